The van der Waals surface area contributed by atoms with Crippen LogP contribution in [0.3, 0.4) is 0 Å². The normalized spacial score (nSPS) is 26.9. The van der Waals surface area contributed by atoms with Crippen molar-refractivity contribution in [3.8, 4) is 5.75 Å². The van der Waals surface area contributed by atoms with E-state index in [1.54, 1.807) is 7.11 Å². The number of methoxy groups -OCH3 is 2. The molecule has 2 N–H and O–H groups in total. The highest BCUT2D eigenvalue weighted by atomic mass is 16.5. The number of rotatable bonds is 3. The standard InChI is InChI=1S/C14H19NO3/c1-17-12-5-3-10(4-6-12)11-7-8-14(15,9-11)13(16)18-2/h3-6,11H,7-9,15H2,1-2H3/t11-,14-/m1/s1. The van der Waals surface area contributed by atoms with E-state index in [0.29, 0.717) is 18.8 Å². The zero-order valence-electron chi connectivity index (χ0n) is 10.8. The van der Waals surface area contributed by atoms with Crippen molar-refractivity contribution in [2.24, 2.45) is 5.73 Å². The van der Waals surface area contributed by atoms with Crippen LogP contribution in [0.5, 0.6) is 5.75 Å². The smallest absolute Gasteiger partial charge is 0.325 e. The molecule has 0 amide bonds. The molecule has 0 bridgehead atoms. The number of hydrogen-bond acceptors (Lipinski definition) is 4. The second-order valence-electron chi connectivity index (χ2n) is 4.86. The Kier molecular flexibility index (Phi) is 3.57. The second kappa shape index (κ2) is 4.98. The van der Waals surface area contributed by atoms with Crippen LogP contribution < -0.4 is 10.5 Å². The van der Waals surface area contributed by atoms with E-state index in [2.05, 4.69) is 0 Å². The maximum atomic E-state index is 11.6. The third-order valence-electron chi connectivity index (χ3n) is 3.73. The monoisotopic (exact) mass is 249 g/mol. The molecule has 2 atom stereocenters. The number of esters is 1. The molecule has 0 heterocycles. The molecule has 1 aliphatic carbocycles. The predicted octanol–water partition coefficient (Wildman–Crippen LogP) is 1.83. The molecule has 0 unspecified atom stereocenters. The van der Waals surface area contributed by atoms with Crippen molar-refractivity contribution in [1.82, 2.24) is 0 Å². The topological polar surface area (TPSA) is 61.5 Å². The molecule has 98 valence electrons. The van der Waals surface area contributed by atoms with Crippen LogP contribution >= 0.6 is 0 Å². The molecule has 1 fully saturated rings. The lowest BCUT2D eigenvalue weighted by Crippen LogP contribution is -2.46. The highest BCUT2D eigenvalue weighted by molar-refractivity contribution is 5.81. The van der Waals surface area contributed by atoms with Crippen LogP contribution in [-0.2, 0) is 9.53 Å². The molecule has 0 radical (unpaired) electrons. The van der Waals surface area contributed by atoms with Gasteiger partial charge < -0.3 is 15.2 Å². The summed E-state index contributed by atoms with van der Waals surface area (Å²) in [5.41, 5.74) is 6.48. The molecular formula is C14H19NO3. The fourth-order valence-corrected chi connectivity index (χ4v) is 2.62. The summed E-state index contributed by atoms with van der Waals surface area (Å²) >= 11 is 0. The van der Waals surface area contributed by atoms with Gasteiger partial charge in [-0.2, -0.15) is 0 Å². The van der Waals surface area contributed by atoms with Gasteiger partial charge in [0.1, 0.15) is 11.3 Å². The summed E-state index contributed by atoms with van der Waals surface area (Å²) in [5, 5.41) is 0. The van der Waals surface area contributed by atoms with E-state index in [1.807, 2.05) is 24.3 Å². The number of nitrogens with two attached hydrogens (primary N) is 1. The van der Waals surface area contributed by atoms with Gasteiger partial charge in [0, 0.05) is 0 Å². The molecule has 1 saturated carbocycles. The first-order chi connectivity index (χ1) is 8.59. The molecule has 18 heavy (non-hydrogen) atoms. The van der Waals surface area contributed by atoms with E-state index in [1.165, 1.54) is 12.7 Å². The number of ether oxygens (including phenoxy) is 2. The van der Waals surface area contributed by atoms with Gasteiger partial charge in [-0.1, -0.05) is 12.1 Å². The molecule has 4 heteroatoms. The summed E-state index contributed by atoms with van der Waals surface area (Å²) in [6, 6.07) is 7.94. The Bertz CT molecular complexity index is 429. The van der Waals surface area contributed by atoms with Crippen LogP contribution in [0.4, 0.5) is 0 Å². The highest BCUT2D eigenvalue weighted by Gasteiger charge is 2.43. The quantitative estimate of drug-likeness (QED) is 0.830. The Labute approximate surface area is 107 Å². The Balaban J connectivity index is 2.10. The molecule has 0 saturated heterocycles. The average Bonchev–Trinajstić information content (AvgIpc) is 2.82. The van der Waals surface area contributed by atoms with Gasteiger partial charge >= 0.3 is 5.97 Å². The number of carbonyl (C=O) groups is 1. The lowest BCUT2D eigenvalue weighted by atomic mass is 9.93. The Hall–Kier alpha value is -1.55. The maximum Gasteiger partial charge on any atom is 0.325 e. The van der Waals surface area contributed by atoms with Crippen molar-refractivity contribution in [2.45, 2.75) is 30.7 Å². The third-order valence-corrected chi connectivity index (χ3v) is 3.73. The van der Waals surface area contributed by atoms with Crippen LogP contribution in [0.15, 0.2) is 24.3 Å². The van der Waals surface area contributed by atoms with Gasteiger partial charge in [-0.15, -0.1) is 0 Å². The molecule has 1 aromatic carbocycles. The lowest BCUT2D eigenvalue weighted by Gasteiger charge is -2.20. The largest absolute Gasteiger partial charge is 0.497 e. The van der Waals surface area contributed by atoms with E-state index < -0.39 is 5.54 Å². The summed E-state index contributed by atoms with van der Waals surface area (Å²) in [5.74, 6) is 0.849. The van der Waals surface area contributed by atoms with E-state index in [4.69, 9.17) is 15.2 Å². The van der Waals surface area contributed by atoms with E-state index in [-0.39, 0.29) is 5.97 Å². The fraction of sp³-hybridized carbons (Fsp3) is 0.500. The average molecular weight is 249 g/mol. The first-order valence-corrected chi connectivity index (χ1v) is 6.10. The zero-order valence-corrected chi connectivity index (χ0v) is 10.8. The number of hydrogen-bond donors (Lipinski definition) is 1. The predicted molar refractivity (Wildman–Crippen MR) is 68.5 cm³/mol. The third kappa shape index (κ3) is 2.34. The van der Waals surface area contributed by atoms with Gasteiger partial charge in [-0.25, -0.2) is 0 Å². The minimum Gasteiger partial charge on any atom is -0.497 e. The first kappa shape index (κ1) is 12.9. The Morgan fingerprint density at radius 3 is 2.56 bits per heavy atom. The molecular weight excluding hydrogens is 230 g/mol. The van der Waals surface area contributed by atoms with Crippen LogP contribution in [-0.4, -0.2) is 25.7 Å². The van der Waals surface area contributed by atoms with E-state index >= 15 is 0 Å². The summed E-state index contributed by atoms with van der Waals surface area (Å²) in [6.45, 7) is 0. The van der Waals surface area contributed by atoms with Crippen LogP contribution in [0.2, 0.25) is 0 Å². The molecule has 0 aliphatic heterocycles. The molecule has 0 spiro atoms. The van der Waals surface area contributed by atoms with Crippen molar-refractivity contribution >= 4 is 5.97 Å². The van der Waals surface area contributed by atoms with Gasteiger partial charge in [-0.05, 0) is 42.9 Å². The summed E-state index contributed by atoms with van der Waals surface area (Å²) in [4.78, 5) is 11.6. The van der Waals surface area contributed by atoms with Crippen molar-refractivity contribution in [2.75, 3.05) is 14.2 Å². The van der Waals surface area contributed by atoms with Gasteiger partial charge in [0.15, 0.2) is 0 Å². The minimum atomic E-state index is -0.820. The minimum absolute atomic E-state index is 0.307. The molecule has 1 aromatic rings. The van der Waals surface area contributed by atoms with Crippen molar-refractivity contribution in [3.63, 3.8) is 0 Å². The second-order valence-corrected chi connectivity index (χ2v) is 4.86. The van der Waals surface area contributed by atoms with Gasteiger partial charge in [0.25, 0.3) is 0 Å². The van der Waals surface area contributed by atoms with E-state index in [9.17, 15) is 4.79 Å². The molecule has 0 aromatic heterocycles. The Morgan fingerprint density at radius 2 is 2.00 bits per heavy atom. The molecule has 4 nitrogen and oxygen atoms in total. The first-order valence-electron chi connectivity index (χ1n) is 6.10. The van der Waals surface area contributed by atoms with Crippen LogP contribution in [0.1, 0.15) is 30.7 Å². The maximum absolute atomic E-state index is 11.6. The summed E-state index contributed by atoms with van der Waals surface area (Å²) in [7, 11) is 3.03. The number of benzene rings is 1. The van der Waals surface area contributed by atoms with Crippen molar-refractivity contribution < 1.29 is 14.3 Å². The van der Waals surface area contributed by atoms with E-state index in [0.717, 1.165) is 12.2 Å². The highest BCUT2D eigenvalue weighted by Crippen LogP contribution is 2.40. The summed E-state index contributed by atoms with van der Waals surface area (Å²) in [6.07, 6.45) is 2.24. The van der Waals surface area contributed by atoms with Gasteiger partial charge in [0.05, 0.1) is 14.2 Å². The number of carbonyl (C=O) groups excluding carboxylic acids is 1. The van der Waals surface area contributed by atoms with Crippen molar-refractivity contribution in [3.05, 3.63) is 29.8 Å². The SMILES string of the molecule is COC(=O)[C@@]1(N)CC[C@@H](c2ccc(OC)cc2)C1. The van der Waals surface area contributed by atoms with Gasteiger partial charge in [0.2, 0.25) is 0 Å². The van der Waals surface area contributed by atoms with Crippen molar-refractivity contribution in [1.29, 1.82) is 0 Å². The fourth-order valence-electron chi connectivity index (χ4n) is 2.62. The molecule has 2 rings (SSSR count). The van der Waals surface area contributed by atoms with Crippen LogP contribution in [0, 0.1) is 0 Å². The zero-order chi connectivity index (χ0) is 13.2. The molecule has 1 aliphatic rings. The lowest BCUT2D eigenvalue weighted by molar-refractivity contribution is -0.146. The van der Waals surface area contributed by atoms with Gasteiger partial charge in [-0.3, -0.25) is 4.79 Å². The van der Waals surface area contributed by atoms with Crippen LogP contribution in [0.25, 0.3) is 0 Å². The Morgan fingerprint density at radius 1 is 1.33 bits per heavy atom. The summed E-state index contributed by atoms with van der Waals surface area (Å²) < 4.78 is 9.90.